The maximum Gasteiger partial charge on any atom is 0.207 e. The second-order valence-corrected chi connectivity index (χ2v) is 6.74. The monoisotopic (exact) mass is 341 g/mol. The molecule has 126 valence electrons. The molecule has 8 nitrogen and oxygen atoms in total. The van der Waals surface area contributed by atoms with Crippen LogP contribution >= 0.6 is 0 Å². The summed E-state index contributed by atoms with van der Waals surface area (Å²) in [5.41, 5.74) is 2.19. The van der Waals surface area contributed by atoms with Crippen LogP contribution in [-0.4, -0.2) is 31.7 Å². The fourth-order valence-electron chi connectivity index (χ4n) is 3.11. The van der Waals surface area contributed by atoms with Crippen LogP contribution in [0.15, 0.2) is 17.0 Å². The predicted molar refractivity (Wildman–Crippen MR) is 81.3 cm³/mol. The van der Waals surface area contributed by atoms with Crippen LogP contribution in [0.3, 0.4) is 0 Å². The van der Waals surface area contributed by atoms with Gasteiger partial charge < -0.3 is 4.55 Å². The lowest BCUT2D eigenvalue weighted by molar-refractivity contribution is -0.491. The summed E-state index contributed by atoms with van der Waals surface area (Å²) in [5.74, 6) is -0.166. The first kappa shape index (κ1) is 17.5. The average molecular weight is 341 g/mol. The van der Waals surface area contributed by atoms with E-state index in [1.807, 2.05) is 0 Å². The van der Waals surface area contributed by atoms with Crippen molar-refractivity contribution < 1.29 is 18.6 Å². The Morgan fingerprint density at radius 2 is 1.91 bits per heavy atom. The Balaban J connectivity index is 2.35. The number of hydrogen-bond donors (Lipinski definition) is 0. The van der Waals surface area contributed by atoms with Gasteiger partial charge >= 0.3 is 0 Å². The molecule has 0 radical (unpaired) electrons. The molecule has 0 bridgehead atoms. The van der Waals surface area contributed by atoms with Gasteiger partial charge in [0.1, 0.15) is 0 Å². The van der Waals surface area contributed by atoms with E-state index in [1.165, 1.54) is 6.07 Å². The second-order valence-electron chi connectivity index (χ2n) is 5.80. The minimum absolute atomic E-state index is 0.0572. The lowest BCUT2D eigenvalue weighted by Crippen LogP contribution is -2.31. The Morgan fingerprint density at radius 1 is 1.22 bits per heavy atom. The lowest BCUT2D eigenvalue weighted by atomic mass is 9.68. The molecule has 1 aromatic carbocycles. The van der Waals surface area contributed by atoms with Gasteiger partial charge in [-0.2, -0.15) is 0 Å². The van der Waals surface area contributed by atoms with Gasteiger partial charge in [0.05, 0.1) is 0 Å². The molecule has 0 spiro atoms. The van der Waals surface area contributed by atoms with E-state index in [9.17, 15) is 29.0 Å². The number of rotatable bonds is 7. The minimum Gasteiger partial charge on any atom is -0.768 e. The first-order valence-corrected chi connectivity index (χ1v) is 8.33. The summed E-state index contributed by atoms with van der Waals surface area (Å²) < 4.78 is 22.6. The maximum atomic E-state index is 11.3. The van der Waals surface area contributed by atoms with E-state index in [1.54, 1.807) is 13.0 Å². The summed E-state index contributed by atoms with van der Waals surface area (Å²) in [4.78, 5) is 20.6. The largest absolute Gasteiger partial charge is 0.768 e. The molecule has 0 heterocycles. The van der Waals surface area contributed by atoms with Crippen LogP contribution in [0.5, 0.6) is 0 Å². The van der Waals surface area contributed by atoms with E-state index >= 15 is 0 Å². The summed E-state index contributed by atoms with van der Waals surface area (Å²) in [6.07, 6.45) is 1.65. The van der Waals surface area contributed by atoms with Crippen molar-refractivity contribution in [2.75, 3.05) is 13.1 Å². The van der Waals surface area contributed by atoms with Gasteiger partial charge in [0.15, 0.2) is 0 Å². The first-order valence-electron chi connectivity index (χ1n) is 7.26. The third-order valence-electron chi connectivity index (χ3n) is 4.49. The van der Waals surface area contributed by atoms with Crippen molar-refractivity contribution in [3.63, 3.8) is 0 Å². The lowest BCUT2D eigenvalue weighted by Gasteiger charge is -2.36. The normalized spacial score (nSPS) is 21.5. The van der Waals surface area contributed by atoms with Crippen molar-refractivity contribution in [2.45, 2.75) is 37.0 Å². The molecule has 1 aliphatic carbocycles. The van der Waals surface area contributed by atoms with Crippen molar-refractivity contribution >= 4 is 11.1 Å². The van der Waals surface area contributed by atoms with Gasteiger partial charge in [-0.15, -0.1) is 0 Å². The van der Waals surface area contributed by atoms with Crippen LogP contribution in [0.4, 0.5) is 0 Å². The number of hydrogen-bond acceptors (Lipinski definition) is 6. The van der Waals surface area contributed by atoms with Gasteiger partial charge in [-0.25, -0.2) is 0 Å². The zero-order chi connectivity index (χ0) is 17.1. The Morgan fingerprint density at radius 3 is 2.39 bits per heavy atom. The molecule has 1 aromatic rings. The smallest absolute Gasteiger partial charge is 0.207 e. The van der Waals surface area contributed by atoms with Crippen molar-refractivity contribution in [1.82, 2.24) is 0 Å². The Hall–Kier alpha value is -1.87. The molecule has 0 amide bonds. The number of nitro groups is 2. The van der Waals surface area contributed by atoms with Gasteiger partial charge in [-0.05, 0) is 65.6 Å². The molecule has 1 saturated carbocycles. The maximum absolute atomic E-state index is 11.3. The zero-order valence-corrected chi connectivity index (χ0v) is 13.4. The van der Waals surface area contributed by atoms with Gasteiger partial charge in [0.25, 0.3) is 0 Å². The minimum atomic E-state index is -2.44. The summed E-state index contributed by atoms with van der Waals surface area (Å²) in [6.45, 7) is 1.38. The highest BCUT2D eigenvalue weighted by Gasteiger charge is 2.37. The predicted octanol–water partition coefficient (Wildman–Crippen LogP) is 1.82. The summed E-state index contributed by atoms with van der Waals surface area (Å²) in [7, 11) is 0. The van der Waals surface area contributed by atoms with Gasteiger partial charge in [0.2, 0.25) is 13.1 Å². The SMILES string of the molecule is Cc1c(CC[N+](=O)[O-])cc(S(=O)[O-])cc1C1CCC1C[N+](=O)[O-]. The van der Waals surface area contributed by atoms with E-state index in [2.05, 4.69) is 0 Å². The highest BCUT2D eigenvalue weighted by atomic mass is 32.2. The topological polar surface area (TPSA) is 126 Å². The Kier molecular flexibility index (Phi) is 5.42. The highest BCUT2D eigenvalue weighted by Crippen LogP contribution is 2.44. The molecule has 23 heavy (non-hydrogen) atoms. The van der Waals surface area contributed by atoms with Crippen LogP contribution < -0.4 is 0 Å². The van der Waals surface area contributed by atoms with Crippen molar-refractivity contribution in [3.8, 4) is 0 Å². The molecule has 9 heteroatoms. The van der Waals surface area contributed by atoms with Crippen LogP contribution in [-0.2, 0) is 17.5 Å². The molecule has 0 saturated heterocycles. The van der Waals surface area contributed by atoms with Crippen LogP contribution in [0.25, 0.3) is 0 Å². The number of nitrogens with zero attached hydrogens (tertiary/aromatic N) is 2. The van der Waals surface area contributed by atoms with E-state index in [0.29, 0.717) is 5.56 Å². The van der Waals surface area contributed by atoms with Gasteiger partial charge in [-0.1, -0.05) is 0 Å². The first-order chi connectivity index (χ1) is 10.8. The highest BCUT2D eigenvalue weighted by molar-refractivity contribution is 7.79. The molecule has 0 N–H and O–H groups in total. The number of benzene rings is 1. The quantitative estimate of drug-likeness (QED) is 0.423. The van der Waals surface area contributed by atoms with Crippen molar-refractivity contribution in [3.05, 3.63) is 49.1 Å². The fourth-order valence-corrected chi connectivity index (χ4v) is 3.57. The molecule has 3 unspecified atom stereocenters. The molecule has 3 atom stereocenters. The fraction of sp³-hybridized carbons (Fsp3) is 0.571. The van der Waals surface area contributed by atoms with Crippen molar-refractivity contribution in [1.29, 1.82) is 0 Å². The Labute approximate surface area is 135 Å². The van der Waals surface area contributed by atoms with E-state index in [0.717, 1.165) is 24.0 Å². The standard InChI is InChI=1S/C14H18N2O6S/c1-9-10(4-5-15(17)18)6-12(23(21)22)7-14(9)13-3-2-11(13)8-16(19)20/h6-7,11,13H,2-5,8H2,1H3,(H,21,22)/p-1. The van der Waals surface area contributed by atoms with Gasteiger partial charge in [-0.3, -0.25) is 24.4 Å². The molecule has 2 rings (SSSR count). The molecule has 0 aliphatic heterocycles. The van der Waals surface area contributed by atoms with Crippen LogP contribution in [0, 0.1) is 33.1 Å². The van der Waals surface area contributed by atoms with E-state index in [4.69, 9.17) is 0 Å². The van der Waals surface area contributed by atoms with Crippen molar-refractivity contribution in [2.24, 2.45) is 5.92 Å². The van der Waals surface area contributed by atoms with Crippen LogP contribution in [0.2, 0.25) is 0 Å². The third-order valence-corrected chi connectivity index (χ3v) is 5.11. The van der Waals surface area contributed by atoms with E-state index in [-0.39, 0.29) is 41.2 Å². The molecular formula is C14H17N2O6S-. The Bertz CT molecular complexity index is 663. The van der Waals surface area contributed by atoms with E-state index < -0.39 is 16.0 Å². The molecule has 1 aliphatic rings. The average Bonchev–Trinajstić information content (AvgIpc) is 2.43. The summed E-state index contributed by atoms with van der Waals surface area (Å²) >= 11 is -2.44. The molecule has 1 fully saturated rings. The summed E-state index contributed by atoms with van der Waals surface area (Å²) in [6, 6.07) is 3.00. The zero-order valence-electron chi connectivity index (χ0n) is 12.6. The second kappa shape index (κ2) is 7.14. The summed E-state index contributed by atoms with van der Waals surface area (Å²) in [5, 5.41) is 21.3. The molecular weight excluding hydrogens is 324 g/mol. The molecule has 0 aromatic heterocycles. The van der Waals surface area contributed by atoms with Gasteiger partial charge in [0, 0.05) is 27.1 Å². The third kappa shape index (κ3) is 4.11. The van der Waals surface area contributed by atoms with Crippen LogP contribution in [0.1, 0.15) is 35.4 Å².